The first-order valence-corrected chi connectivity index (χ1v) is 5.68. The van der Waals surface area contributed by atoms with Crippen molar-refractivity contribution in [2.75, 3.05) is 5.73 Å². The van der Waals surface area contributed by atoms with Crippen molar-refractivity contribution in [1.29, 1.82) is 0 Å². The second kappa shape index (κ2) is 5.97. The summed E-state index contributed by atoms with van der Waals surface area (Å²) in [5.41, 5.74) is 8.65. The van der Waals surface area contributed by atoms with E-state index >= 15 is 0 Å². The van der Waals surface area contributed by atoms with Crippen molar-refractivity contribution in [2.24, 2.45) is 0 Å². The number of hydrogen-bond donors (Lipinski definition) is 2. The second-order valence-corrected chi connectivity index (χ2v) is 3.94. The summed E-state index contributed by atoms with van der Waals surface area (Å²) in [4.78, 5) is 16.7. The van der Waals surface area contributed by atoms with E-state index in [0.717, 1.165) is 11.6 Å². The molecule has 2 aromatic carbocycles. The standard InChI is InChI=1S/C14H13FN2O2/c15-12-8-11(6-7-13(12)16)14(18)17-19-9-10-4-2-1-3-5-10/h1-8H,9,16H2,(H,17,18). The van der Waals surface area contributed by atoms with Gasteiger partial charge in [0.25, 0.3) is 5.91 Å². The highest BCUT2D eigenvalue weighted by atomic mass is 19.1. The summed E-state index contributed by atoms with van der Waals surface area (Å²) in [6, 6.07) is 13.2. The van der Waals surface area contributed by atoms with Crippen LogP contribution in [0.5, 0.6) is 0 Å². The summed E-state index contributed by atoms with van der Waals surface area (Å²) in [6.45, 7) is 0.240. The molecule has 0 saturated carbocycles. The average molecular weight is 260 g/mol. The normalized spacial score (nSPS) is 10.2. The Hall–Kier alpha value is -2.40. The van der Waals surface area contributed by atoms with Gasteiger partial charge < -0.3 is 5.73 Å². The fraction of sp³-hybridized carbons (Fsp3) is 0.0714. The zero-order chi connectivity index (χ0) is 13.7. The molecule has 0 aromatic heterocycles. The van der Waals surface area contributed by atoms with Gasteiger partial charge in [0.05, 0.1) is 12.3 Å². The molecular formula is C14H13FN2O2. The fourth-order valence-corrected chi connectivity index (χ4v) is 1.49. The third-order valence-corrected chi connectivity index (χ3v) is 2.51. The number of hydroxylamine groups is 1. The average Bonchev–Trinajstić information content (AvgIpc) is 2.43. The number of hydrogen-bond acceptors (Lipinski definition) is 3. The van der Waals surface area contributed by atoms with E-state index in [2.05, 4.69) is 5.48 Å². The van der Waals surface area contributed by atoms with Crippen molar-refractivity contribution in [2.45, 2.75) is 6.61 Å². The van der Waals surface area contributed by atoms with Gasteiger partial charge in [-0.3, -0.25) is 9.63 Å². The number of rotatable bonds is 4. The molecule has 3 N–H and O–H groups in total. The zero-order valence-electron chi connectivity index (χ0n) is 10.1. The lowest BCUT2D eigenvalue weighted by molar-refractivity contribution is 0.0233. The Bertz CT molecular complexity index is 573. The van der Waals surface area contributed by atoms with Gasteiger partial charge in [0.2, 0.25) is 0 Å². The smallest absolute Gasteiger partial charge is 0.274 e. The van der Waals surface area contributed by atoms with Crippen molar-refractivity contribution >= 4 is 11.6 Å². The largest absolute Gasteiger partial charge is 0.396 e. The predicted molar refractivity (Wildman–Crippen MR) is 69.5 cm³/mol. The number of carbonyl (C=O) groups is 1. The summed E-state index contributed by atoms with van der Waals surface area (Å²) in [7, 11) is 0. The third-order valence-electron chi connectivity index (χ3n) is 2.51. The van der Waals surface area contributed by atoms with Crippen molar-refractivity contribution in [3.8, 4) is 0 Å². The first kappa shape index (κ1) is 13.0. The van der Waals surface area contributed by atoms with E-state index in [-0.39, 0.29) is 17.9 Å². The van der Waals surface area contributed by atoms with E-state index < -0.39 is 11.7 Å². The van der Waals surface area contributed by atoms with Crippen LogP contribution in [-0.4, -0.2) is 5.91 Å². The first-order valence-electron chi connectivity index (χ1n) is 5.68. The van der Waals surface area contributed by atoms with E-state index in [9.17, 15) is 9.18 Å². The number of nitrogens with two attached hydrogens (primary N) is 1. The SMILES string of the molecule is Nc1ccc(C(=O)NOCc2ccccc2)cc1F. The van der Waals surface area contributed by atoms with Crippen LogP contribution in [-0.2, 0) is 11.4 Å². The maximum atomic E-state index is 13.2. The molecule has 0 spiro atoms. The number of halogens is 1. The lowest BCUT2D eigenvalue weighted by atomic mass is 10.2. The Morgan fingerprint density at radius 2 is 1.95 bits per heavy atom. The predicted octanol–water partition coefficient (Wildman–Crippen LogP) is 2.27. The van der Waals surface area contributed by atoms with Crippen molar-refractivity contribution in [3.05, 3.63) is 65.5 Å². The number of nitrogens with one attached hydrogen (secondary N) is 1. The topological polar surface area (TPSA) is 64.4 Å². The molecule has 2 aromatic rings. The summed E-state index contributed by atoms with van der Waals surface area (Å²) in [6.07, 6.45) is 0. The minimum Gasteiger partial charge on any atom is -0.396 e. The molecule has 0 radical (unpaired) electrons. The molecule has 0 unspecified atom stereocenters. The van der Waals surface area contributed by atoms with Crippen LogP contribution in [0.1, 0.15) is 15.9 Å². The van der Waals surface area contributed by atoms with Gasteiger partial charge in [0.15, 0.2) is 0 Å². The summed E-state index contributed by atoms with van der Waals surface area (Å²) < 4.78 is 13.2. The number of amides is 1. The molecule has 0 fully saturated rings. The van der Waals surface area contributed by atoms with Crippen LogP contribution in [0.4, 0.5) is 10.1 Å². The van der Waals surface area contributed by atoms with Gasteiger partial charge >= 0.3 is 0 Å². The van der Waals surface area contributed by atoms with Crippen molar-refractivity contribution < 1.29 is 14.0 Å². The maximum Gasteiger partial charge on any atom is 0.274 e. The Morgan fingerprint density at radius 3 is 2.63 bits per heavy atom. The molecule has 19 heavy (non-hydrogen) atoms. The molecule has 0 heterocycles. The van der Waals surface area contributed by atoms with Gasteiger partial charge in [0.1, 0.15) is 5.82 Å². The Balaban J connectivity index is 1.89. The minimum absolute atomic E-state index is 0.00162. The van der Waals surface area contributed by atoms with Gasteiger partial charge in [0, 0.05) is 5.56 Å². The van der Waals surface area contributed by atoms with E-state index in [4.69, 9.17) is 10.6 Å². The summed E-state index contributed by atoms with van der Waals surface area (Å²) in [5, 5.41) is 0. The number of benzene rings is 2. The van der Waals surface area contributed by atoms with Crippen LogP contribution >= 0.6 is 0 Å². The molecule has 0 saturated heterocycles. The van der Waals surface area contributed by atoms with Crippen molar-refractivity contribution in [1.82, 2.24) is 5.48 Å². The Labute approximate surface area is 110 Å². The van der Waals surface area contributed by atoms with Gasteiger partial charge in [-0.25, -0.2) is 9.87 Å². The van der Waals surface area contributed by atoms with Crippen LogP contribution in [0.25, 0.3) is 0 Å². The maximum absolute atomic E-state index is 13.2. The molecule has 2 rings (SSSR count). The van der Waals surface area contributed by atoms with E-state index in [0.29, 0.717) is 0 Å². The molecule has 0 bridgehead atoms. The highest BCUT2D eigenvalue weighted by Crippen LogP contribution is 2.11. The Kier molecular flexibility index (Phi) is 4.10. The lowest BCUT2D eigenvalue weighted by Crippen LogP contribution is -2.23. The van der Waals surface area contributed by atoms with E-state index in [1.807, 2.05) is 30.3 Å². The van der Waals surface area contributed by atoms with Crippen LogP contribution < -0.4 is 11.2 Å². The molecule has 0 aliphatic heterocycles. The molecule has 1 amide bonds. The Morgan fingerprint density at radius 1 is 1.21 bits per heavy atom. The van der Waals surface area contributed by atoms with Gasteiger partial charge in [-0.2, -0.15) is 0 Å². The monoisotopic (exact) mass is 260 g/mol. The van der Waals surface area contributed by atoms with E-state index in [1.54, 1.807) is 0 Å². The number of anilines is 1. The highest BCUT2D eigenvalue weighted by Gasteiger charge is 2.08. The van der Waals surface area contributed by atoms with Gasteiger partial charge in [-0.1, -0.05) is 30.3 Å². The number of carbonyl (C=O) groups excluding carboxylic acids is 1. The highest BCUT2D eigenvalue weighted by molar-refractivity contribution is 5.93. The molecule has 0 aliphatic carbocycles. The van der Waals surface area contributed by atoms with Gasteiger partial charge in [-0.15, -0.1) is 0 Å². The number of nitrogen functional groups attached to an aromatic ring is 1. The third kappa shape index (κ3) is 3.53. The lowest BCUT2D eigenvalue weighted by Gasteiger charge is -2.06. The van der Waals surface area contributed by atoms with Crippen LogP contribution in [0.2, 0.25) is 0 Å². The van der Waals surface area contributed by atoms with Gasteiger partial charge in [-0.05, 0) is 23.8 Å². The van der Waals surface area contributed by atoms with Crippen LogP contribution in [0, 0.1) is 5.82 Å². The summed E-state index contributed by atoms with van der Waals surface area (Å²) in [5.74, 6) is -1.15. The molecule has 4 nitrogen and oxygen atoms in total. The zero-order valence-corrected chi connectivity index (χ0v) is 10.1. The first-order chi connectivity index (χ1) is 9.16. The molecule has 0 atom stereocenters. The quantitative estimate of drug-likeness (QED) is 0.654. The second-order valence-electron chi connectivity index (χ2n) is 3.94. The molecular weight excluding hydrogens is 247 g/mol. The molecule has 0 aliphatic rings. The van der Waals surface area contributed by atoms with Crippen molar-refractivity contribution in [3.63, 3.8) is 0 Å². The van der Waals surface area contributed by atoms with Crippen LogP contribution in [0.15, 0.2) is 48.5 Å². The molecule has 5 heteroatoms. The fourth-order valence-electron chi connectivity index (χ4n) is 1.49. The molecule has 98 valence electrons. The summed E-state index contributed by atoms with van der Waals surface area (Å²) >= 11 is 0. The minimum atomic E-state index is -0.629. The van der Waals surface area contributed by atoms with E-state index in [1.165, 1.54) is 12.1 Å². The van der Waals surface area contributed by atoms with Crippen LogP contribution in [0.3, 0.4) is 0 Å².